The first-order chi connectivity index (χ1) is 8.91. The Morgan fingerprint density at radius 2 is 1.95 bits per heavy atom. The average molecular weight is 278 g/mol. The zero-order valence-corrected chi connectivity index (χ0v) is 12.6. The largest absolute Gasteiger partial charge is 0.319 e. The predicted octanol–water partition coefficient (Wildman–Crippen LogP) is 3.78. The predicted molar refractivity (Wildman–Crippen MR) is 79.6 cm³/mol. The Kier molecular flexibility index (Phi) is 3.97. The number of nitrogens with zero attached hydrogens (tertiary/aromatic N) is 2. The van der Waals surface area contributed by atoms with E-state index in [2.05, 4.69) is 51.0 Å². The van der Waals surface area contributed by atoms with Crippen LogP contribution in [0.1, 0.15) is 48.3 Å². The third-order valence-electron chi connectivity index (χ3n) is 3.34. The fourth-order valence-electron chi connectivity index (χ4n) is 2.30. The number of aromatic nitrogens is 2. The molecule has 0 aliphatic heterocycles. The summed E-state index contributed by atoms with van der Waals surface area (Å²) in [7, 11) is 0. The third kappa shape index (κ3) is 2.67. The molecular weight excluding hydrogens is 258 g/mol. The van der Waals surface area contributed by atoms with Crippen molar-refractivity contribution in [2.45, 2.75) is 39.8 Å². The van der Waals surface area contributed by atoms with Gasteiger partial charge in [0.15, 0.2) is 0 Å². The van der Waals surface area contributed by atoms with Crippen LogP contribution < -0.4 is 5.73 Å². The van der Waals surface area contributed by atoms with Crippen molar-refractivity contribution in [3.63, 3.8) is 0 Å². The van der Waals surface area contributed by atoms with Crippen molar-refractivity contribution >= 4 is 11.6 Å². The van der Waals surface area contributed by atoms with Crippen LogP contribution in [-0.2, 0) is 0 Å². The molecule has 19 heavy (non-hydrogen) atoms. The molecule has 1 aromatic carbocycles. The highest BCUT2D eigenvalue weighted by molar-refractivity contribution is 6.31. The Morgan fingerprint density at radius 1 is 1.26 bits per heavy atom. The summed E-state index contributed by atoms with van der Waals surface area (Å²) in [4.78, 5) is 0. The van der Waals surface area contributed by atoms with Gasteiger partial charge in [-0.25, -0.2) is 0 Å². The lowest BCUT2D eigenvalue weighted by molar-refractivity contribution is 0.499. The van der Waals surface area contributed by atoms with E-state index in [9.17, 15) is 0 Å². The number of hydrogen-bond acceptors (Lipinski definition) is 2. The van der Waals surface area contributed by atoms with Gasteiger partial charge in [-0.3, -0.25) is 4.68 Å². The molecule has 0 fully saturated rings. The SMILES string of the molecule is Cc1ccc(C)c(C(N)c2c(Cl)cnn2C(C)C)c1. The first-order valence-electron chi connectivity index (χ1n) is 6.47. The van der Waals surface area contributed by atoms with Crippen molar-refractivity contribution in [3.05, 3.63) is 51.8 Å². The number of hydrogen-bond donors (Lipinski definition) is 1. The van der Waals surface area contributed by atoms with E-state index in [1.807, 2.05) is 4.68 Å². The van der Waals surface area contributed by atoms with E-state index in [1.54, 1.807) is 6.20 Å². The molecule has 0 spiro atoms. The molecule has 1 atom stereocenters. The van der Waals surface area contributed by atoms with E-state index in [4.69, 9.17) is 17.3 Å². The van der Waals surface area contributed by atoms with Crippen LogP contribution in [0.4, 0.5) is 0 Å². The molecule has 0 saturated carbocycles. The molecule has 0 amide bonds. The molecule has 1 heterocycles. The highest BCUT2D eigenvalue weighted by atomic mass is 35.5. The van der Waals surface area contributed by atoms with Crippen LogP contribution in [0.3, 0.4) is 0 Å². The maximum Gasteiger partial charge on any atom is 0.0837 e. The number of halogens is 1. The van der Waals surface area contributed by atoms with Crippen LogP contribution in [0.5, 0.6) is 0 Å². The van der Waals surface area contributed by atoms with Crippen molar-refractivity contribution in [2.24, 2.45) is 5.73 Å². The summed E-state index contributed by atoms with van der Waals surface area (Å²) in [5.74, 6) is 0. The third-order valence-corrected chi connectivity index (χ3v) is 3.63. The maximum absolute atomic E-state index is 6.42. The van der Waals surface area contributed by atoms with Gasteiger partial charge < -0.3 is 5.73 Å². The van der Waals surface area contributed by atoms with Gasteiger partial charge in [-0.2, -0.15) is 5.10 Å². The van der Waals surface area contributed by atoms with Gasteiger partial charge in [0.1, 0.15) is 0 Å². The van der Waals surface area contributed by atoms with Gasteiger partial charge >= 0.3 is 0 Å². The van der Waals surface area contributed by atoms with Crippen molar-refractivity contribution in [2.75, 3.05) is 0 Å². The summed E-state index contributed by atoms with van der Waals surface area (Å²) in [6.45, 7) is 8.28. The topological polar surface area (TPSA) is 43.8 Å². The summed E-state index contributed by atoms with van der Waals surface area (Å²) in [5, 5.41) is 4.95. The van der Waals surface area contributed by atoms with Crippen molar-refractivity contribution < 1.29 is 0 Å². The number of aryl methyl sites for hydroxylation is 2. The Labute approximate surface area is 119 Å². The molecule has 0 saturated heterocycles. The molecule has 102 valence electrons. The Hall–Kier alpha value is -1.32. The van der Waals surface area contributed by atoms with Crippen LogP contribution in [0.25, 0.3) is 0 Å². The molecule has 2 rings (SSSR count). The van der Waals surface area contributed by atoms with E-state index in [-0.39, 0.29) is 12.1 Å². The Balaban J connectivity index is 2.52. The zero-order valence-electron chi connectivity index (χ0n) is 11.8. The second-order valence-electron chi connectivity index (χ2n) is 5.25. The number of nitrogens with two attached hydrogens (primary N) is 1. The molecular formula is C15H20ClN3. The van der Waals surface area contributed by atoms with Gasteiger partial charge in [0.05, 0.1) is 23.0 Å². The normalized spacial score (nSPS) is 13.0. The van der Waals surface area contributed by atoms with Crippen molar-refractivity contribution in [3.8, 4) is 0 Å². The molecule has 2 N–H and O–H groups in total. The minimum absolute atomic E-state index is 0.235. The highest BCUT2D eigenvalue weighted by Crippen LogP contribution is 2.30. The van der Waals surface area contributed by atoms with E-state index in [0.29, 0.717) is 5.02 Å². The van der Waals surface area contributed by atoms with Gasteiger partial charge in [0.2, 0.25) is 0 Å². The second-order valence-corrected chi connectivity index (χ2v) is 5.66. The molecule has 0 bridgehead atoms. The summed E-state index contributed by atoms with van der Waals surface area (Å²) >= 11 is 6.26. The lowest BCUT2D eigenvalue weighted by Gasteiger charge is -2.19. The molecule has 1 aromatic heterocycles. The molecule has 4 heteroatoms. The van der Waals surface area contributed by atoms with Gasteiger partial charge in [0.25, 0.3) is 0 Å². The van der Waals surface area contributed by atoms with E-state index >= 15 is 0 Å². The van der Waals surface area contributed by atoms with E-state index < -0.39 is 0 Å². The fraction of sp³-hybridized carbons (Fsp3) is 0.400. The first-order valence-corrected chi connectivity index (χ1v) is 6.85. The lowest BCUT2D eigenvalue weighted by atomic mass is 9.97. The van der Waals surface area contributed by atoms with Gasteiger partial charge in [-0.05, 0) is 38.8 Å². The van der Waals surface area contributed by atoms with Gasteiger partial charge in [0, 0.05) is 6.04 Å². The lowest BCUT2D eigenvalue weighted by Crippen LogP contribution is -2.20. The highest BCUT2D eigenvalue weighted by Gasteiger charge is 2.21. The van der Waals surface area contributed by atoms with Gasteiger partial charge in [-0.1, -0.05) is 35.4 Å². The van der Waals surface area contributed by atoms with Crippen LogP contribution >= 0.6 is 11.6 Å². The van der Waals surface area contributed by atoms with Crippen molar-refractivity contribution in [1.29, 1.82) is 0 Å². The Morgan fingerprint density at radius 3 is 2.58 bits per heavy atom. The second kappa shape index (κ2) is 5.35. The molecule has 3 nitrogen and oxygen atoms in total. The summed E-state index contributed by atoms with van der Waals surface area (Å²) in [6.07, 6.45) is 1.67. The van der Waals surface area contributed by atoms with Gasteiger partial charge in [-0.15, -0.1) is 0 Å². The summed E-state index contributed by atoms with van der Waals surface area (Å²) in [5.41, 5.74) is 10.8. The summed E-state index contributed by atoms with van der Waals surface area (Å²) < 4.78 is 1.90. The zero-order chi connectivity index (χ0) is 14.2. The quantitative estimate of drug-likeness (QED) is 0.928. The molecule has 0 aliphatic rings. The molecule has 1 unspecified atom stereocenters. The monoisotopic (exact) mass is 277 g/mol. The molecule has 2 aromatic rings. The average Bonchev–Trinajstić information content (AvgIpc) is 2.73. The van der Waals surface area contributed by atoms with Crippen molar-refractivity contribution in [1.82, 2.24) is 9.78 Å². The van der Waals surface area contributed by atoms with Crippen LogP contribution in [0.2, 0.25) is 5.02 Å². The smallest absolute Gasteiger partial charge is 0.0837 e. The molecule has 0 radical (unpaired) electrons. The van der Waals surface area contributed by atoms with Crippen LogP contribution in [0.15, 0.2) is 24.4 Å². The van der Waals surface area contributed by atoms with Crippen LogP contribution in [0, 0.1) is 13.8 Å². The van der Waals surface area contributed by atoms with Crippen LogP contribution in [-0.4, -0.2) is 9.78 Å². The number of benzene rings is 1. The minimum Gasteiger partial charge on any atom is -0.319 e. The Bertz CT molecular complexity index is 587. The first kappa shape index (κ1) is 14.1. The fourth-order valence-corrected chi connectivity index (χ4v) is 2.54. The van der Waals surface area contributed by atoms with E-state index in [1.165, 1.54) is 11.1 Å². The minimum atomic E-state index is -0.253. The maximum atomic E-state index is 6.42. The van der Waals surface area contributed by atoms with E-state index in [0.717, 1.165) is 11.3 Å². The summed E-state index contributed by atoms with van der Waals surface area (Å²) in [6, 6.07) is 6.28. The number of rotatable bonds is 3. The molecule has 0 aliphatic carbocycles. The standard InChI is InChI=1S/C15H20ClN3/c1-9(2)19-15(13(16)8-18-19)14(17)12-7-10(3)5-6-11(12)4/h5-9,14H,17H2,1-4H3.